The fraction of sp³-hybridized carbons (Fsp3) is 0.118. The largest absolute Gasteiger partial charge is 0.456 e. The van der Waals surface area contributed by atoms with E-state index in [1.54, 1.807) is 0 Å². The van der Waals surface area contributed by atoms with Crippen LogP contribution in [-0.2, 0) is 11.8 Å². The molecule has 4 nitrogen and oxygen atoms in total. The topological polar surface area (TPSA) is 26.2 Å². The van der Waals surface area contributed by atoms with Crippen LogP contribution >= 0.6 is 11.8 Å². The molecule has 0 spiro atoms. The quantitative estimate of drug-likeness (QED) is 0.149. The fourth-order valence-electron chi connectivity index (χ4n) is 12.7. The monoisotopic (exact) mass is 969 g/mol. The maximum atomic E-state index is 6.89. The molecule has 6 heteroatoms. The lowest BCUT2D eigenvalue weighted by Gasteiger charge is -2.43. The molecule has 0 radical (unpaired) electrons. The van der Waals surface area contributed by atoms with Crippen LogP contribution in [0.4, 0.5) is 17.1 Å². The number of rotatable bonds is 7. The molecule has 2 aliphatic heterocycles. The first kappa shape index (κ1) is 43.4. The summed E-state index contributed by atoms with van der Waals surface area (Å²) < 4.78 is 11.8. The van der Waals surface area contributed by atoms with Crippen molar-refractivity contribution in [2.75, 3.05) is 4.90 Å². The molecule has 13 aromatic rings. The molecule has 0 amide bonds. The van der Waals surface area contributed by atoms with Crippen molar-refractivity contribution >= 4 is 117 Å². The summed E-state index contributed by atoms with van der Waals surface area (Å²) in [6.45, 7) is 9.39. The van der Waals surface area contributed by atoms with E-state index in [-0.39, 0.29) is 12.1 Å². The van der Waals surface area contributed by atoms with Gasteiger partial charge in [0, 0.05) is 70.4 Å². The van der Waals surface area contributed by atoms with E-state index in [9.17, 15) is 0 Å². The summed E-state index contributed by atoms with van der Waals surface area (Å²) in [6.07, 6.45) is 3.04. The van der Waals surface area contributed by atoms with Crippen LogP contribution in [0.25, 0.3) is 88.1 Å². The Labute approximate surface area is 435 Å². The molecule has 0 bridgehead atoms. The lowest BCUT2D eigenvalue weighted by Crippen LogP contribution is -2.60. The van der Waals surface area contributed by atoms with Crippen molar-refractivity contribution in [1.29, 1.82) is 0 Å². The zero-order valence-electron chi connectivity index (χ0n) is 42.0. The molecule has 0 unspecified atom stereocenters. The van der Waals surface area contributed by atoms with Crippen LogP contribution in [0.3, 0.4) is 0 Å². The molecule has 0 fully saturated rings. The van der Waals surface area contributed by atoms with Crippen molar-refractivity contribution in [2.24, 2.45) is 0 Å². The van der Waals surface area contributed by atoms with E-state index in [0.717, 1.165) is 46.9 Å². The normalized spacial score (nSPS) is 13.2. The van der Waals surface area contributed by atoms with Crippen molar-refractivity contribution in [3.8, 4) is 22.5 Å². The van der Waals surface area contributed by atoms with Crippen LogP contribution < -0.4 is 21.3 Å². The second kappa shape index (κ2) is 16.4. The van der Waals surface area contributed by atoms with E-state index >= 15 is 0 Å². The molecule has 0 aliphatic carbocycles. The van der Waals surface area contributed by atoms with Gasteiger partial charge >= 0.3 is 0 Å². The number of unbranched alkanes of at least 4 members (excludes halogenated alkanes) is 1. The van der Waals surface area contributed by atoms with Gasteiger partial charge in [0.2, 0.25) is 6.71 Å². The van der Waals surface area contributed by atoms with E-state index < -0.39 is 0 Å². The number of hydrogen-bond acceptors (Lipinski definition) is 3. The van der Waals surface area contributed by atoms with E-state index in [1.807, 2.05) is 11.8 Å². The summed E-state index contributed by atoms with van der Waals surface area (Å²) in [5.74, 6) is 0. The summed E-state index contributed by atoms with van der Waals surface area (Å²) in [5, 5.41) is 7.34. The van der Waals surface area contributed by atoms with Crippen molar-refractivity contribution in [3.05, 3.63) is 217 Å². The number of aryl methyl sites for hydroxylation is 1. The first-order chi connectivity index (χ1) is 36.3. The predicted molar refractivity (Wildman–Crippen MR) is 315 cm³/mol. The lowest BCUT2D eigenvalue weighted by atomic mass is 9.34. The van der Waals surface area contributed by atoms with Gasteiger partial charge in [-0.1, -0.05) is 185 Å². The zero-order chi connectivity index (χ0) is 49.4. The number of anilines is 3. The molecule has 74 heavy (non-hydrogen) atoms. The highest BCUT2D eigenvalue weighted by molar-refractivity contribution is 8.00. The summed E-state index contributed by atoms with van der Waals surface area (Å²) in [6, 6.07) is 77.3. The average molecular weight is 970 g/mol. The SMILES string of the molecule is CCCCc1cc2oc3ccccc3c2c(-c2ccccc2)c1N1c2cc(-n3c4ccccc4c4ccccc43)ccc2B2c3ccc(-n4c5ccccc5c5ccccc54)cc3Sc3cc(C(C)(C)C)cc1c32. The van der Waals surface area contributed by atoms with Gasteiger partial charge in [-0.2, -0.15) is 0 Å². The first-order valence-electron chi connectivity index (χ1n) is 26.3. The maximum absolute atomic E-state index is 6.89. The highest BCUT2D eigenvalue weighted by Gasteiger charge is 2.43. The Kier molecular flexibility index (Phi) is 9.63. The number of aromatic nitrogens is 2. The van der Waals surface area contributed by atoms with Gasteiger partial charge in [0.15, 0.2) is 0 Å². The average Bonchev–Trinajstić information content (AvgIpc) is 4.12. The number of nitrogens with zero attached hydrogens (tertiary/aromatic N) is 3. The van der Waals surface area contributed by atoms with Gasteiger partial charge in [-0.05, 0) is 119 Å². The molecule has 10 aromatic carbocycles. The third-order valence-corrected chi connectivity index (χ3v) is 17.2. The van der Waals surface area contributed by atoms with Crippen LogP contribution in [0, 0.1) is 0 Å². The molecule has 0 saturated carbocycles. The van der Waals surface area contributed by atoms with Crippen molar-refractivity contribution in [3.63, 3.8) is 0 Å². The second-order valence-electron chi connectivity index (χ2n) is 21.4. The first-order valence-corrected chi connectivity index (χ1v) is 27.1. The van der Waals surface area contributed by atoms with Crippen molar-refractivity contribution < 1.29 is 4.42 Å². The van der Waals surface area contributed by atoms with Crippen LogP contribution in [-0.4, -0.2) is 15.8 Å². The number of fused-ring (bicyclic) bond motifs is 13. The Balaban J connectivity index is 1.07. The van der Waals surface area contributed by atoms with Gasteiger partial charge in [-0.3, -0.25) is 0 Å². The van der Waals surface area contributed by atoms with E-state index in [1.165, 1.54) is 115 Å². The van der Waals surface area contributed by atoms with Crippen molar-refractivity contribution in [1.82, 2.24) is 9.13 Å². The number of benzene rings is 10. The van der Waals surface area contributed by atoms with Gasteiger partial charge < -0.3 is 18.5 Å². The standard InChI is InChI=1S/C68H52BN3OS/c1-5-6-20-43-37-61-65(51-27-14-19-32-60(51)73-61)64(42-21-8-7-9-22-42)67(43)72-58-40-45(70-54-28-15-10-23-47(54)48-24-11-16-29-55(48)70)33-35-52(58)69-53-36-34-46(71-56-30-17-12-25-49(56)50-26-13-18-31-57(50)71)41-62(53)74-63-39-44(68(2,3)4)38-59(72)66(63)69/h7-19,21-41H,5-6,20H2,1-4H3. The highest BCUT2D eigenvalue weighted by Crippen LogP contribution is 2.52. The minimum atomic E-state index is -0.137. The van der Waals surface area contributed by atoms with E-state index in [0.29, 0.717) is 0 Å². The third kappa shape index (κ3) is 6.37. The minimum absolute atomic E-state index is 0.0197. The molecule has 0 saturated heterocycles. The zero-order valence-corrected chi connectivity index (χ0v) is 42.8. The van der Waals surface area contributed by atoms with Crippen LogP contribution in [0.2, 0.25) is 0 Å². The van der Waals surface area contributed by atoms with Gasteiger partial charge in [0.05, 0.1) is 27.8 Å². The number of para-hydroxylation sites is 5. The minimum Gasteiger partial charge on any atom is -0.456 e. The summed E-state index contributed by atoms with van der Waals surface area (Å²) >= 11 is 1.94. The maximum Gasteiger partial charge on any atom is 0.249 e. The van der Waals surface area contributed by atoms with Gasteiger partial charge in [-0.25, -0.2) is 0 Å². The molecular weight excluding hydrogens is 918 g/mol. The van der Waals surface area contributed by atoms with Crippen LogP contribution in [0.1, 0.15) is 51.7 Å². The Hall–Kier alpha value is -8.19. The predicted octanol–water partition coefficient (Wildman–Crippen LogP) is 16.9. The summed E-state index contributed by atoms with van der Waals surface area (Å²) in [5.41, 5.74) is 21.5. The Bertz CT molecular complexity index is 4350. The summed E-state index contributed by atoms with van der Waals surface area (Å²) in [4.78, 5) is 5.33. The smallest absolute Gasteiger partial charge is 0.249 e. The highest BCUT2D eigenvalue weighted by atomic mass is 32.2. The molecular formula is C68H52BN3OS. The molecule has 15 rings (SSSR count). The molecule has 2 aliphatic rings. The van der Waals surface area contributed by atoms with Crippen LogP contribution in [0.15, 0.2) is 220 Å². The second-order valence-corrected chi connectivity index (χ2v) is 22.5. The Morgan fingerprint density at radius 1 is 0.500 bits per heavy atom. The van der Waals surface area contributed by atoms with Crippen LogP contribution in [0.5, 0.6) is 0 Å². The van der Waals surface area contributed by atoms with E-state index in [2.05, 4.69) is 248 Å². The molecule has 354 valence electrons. The molecule has 5 heterocycles. The fourth-order valence-corrected chi connectivity index (χ4v) is 13.9. The Morgan fingerprint density at radius 3 is 1.66 bits per heavy atom. The third-order valence-electron chi connectivity index (χ3n) is 16.1. The van der Waals surface area contributed by atoms with Gasteiger partial charge in [-0.15, -0.1) is 0 Å². The molecule has 3 aromatic heterocycles. The lowest BCUT2D eigenvalue weighted by molar-refractivity contribution is 0.589. The van der Waals surface area contributed by atoms with E-state index in [4.69, 9.17) is 4.42 Å². The van der Waals surface area contributed by atoms with Gasteiger partial charge in [0.1, 0.15) is 11.2 Å². The Morgan fingerprint density at radius 2 is 1.05 bits per heavy atom. The molecule has 0 atom stereocenters. The summed E-state index contributed by atoms with van der Waals surface area (Å²) in [7, 11) is 0. The van der Waals surface area contributed by atoms with Gasteiger partial charge in [0.25, 0.3) is 0 Å². The molecule has 0 N–H and O–H groups in total. The number of hydrogen-bond donors (Lipinski definition) is 0. The van der Waals surface area contributed by atoms with Crippen molar-refractivity contribution in [2.45, 2.75) is 62.2 Å². The number of furan rings is 1.